The fraction of sp³-hybridized carbons (Fsp3) is 0.946. The van der Waals surface area contributed by atoms with Crippen molar-refractivity contribution in [2.24, 2.45) is 23.7 Å². The molecule has 0 fully saturated rings. The van der Waals surface area contributed by atoms with Gasteiger partial charge >= 0.3 is 39.5 Å². The summed E-state index contributed by atoms with van der Waals surface area (Å²) < 4.78 is 68.4. The van der Waals surface area contributed by atoms with Gasteiger partial charge in [0.15, 0.2) is 12.2 Å². The molecule has 2 unspecified atom stereocenters. The van der Waals surface area contributed by atoms with Crippen LogP contribution in [0.3, 0.4) is 0 Å². The van der Waals surface area contributed by atoms with Gasteiger partial charge in [0.2, 0.25) is 0 Å². The fourth-order valence-electron chi connectivity index (χ4n) is 11.2. The van der Waals surface area contributed by atoms with Crippen LogP contribution in [0.2, 0.25) is 0 Å². The highest BCUT2D eigenvalue weighted by Crippen LogP contribution is 2.45. The van der Waals surface area contributed by atoms with Crippen molar-refractivity contribution in [3.8, 4) is 0 Å². The van der Waals surface area contributed by atoms with E-state index in [2.05, 4.69) is 55.4 Å². The van der Waals surface area contributed by atoms with E-state index >= 15 is 0 Å². The quantitative estimate of drug-likeness (QED) is 0.0222. The number of hydrogen-bond donors (Lipinski definition) is 3. The normalized spacial score (nSPS) is 14.2. The van der Waals surface area contributed by atoms with Gasteiger partial charge in [0.1, 0.15) is 19.3 Å². The van der Waals surface area contributed by atoms with E-state index in [9.17, 15) is 43.2 Å². The average Bonchev–Trinajstić information content (AvgIpc) is 1.87. The van der Waals surface area contributed by atoms with Crippen molar-refractivity contribution < 1.29 is 80.2 Å². The van der Waals surface area contributed by atoms with Crippen LogP contribution in [0.15, 0.2) is 0 Å². The summed E-state index contributed by atoms with van der Waals surface area (Å²) in [7, 11) is -9.91. The minimum atomic E-state index is -4.96. The molecule has 0 heterocycles. The molecule has 5 atom stereocenters. The zero-order chi connectivity index (χ0) is 68.9. The molecule has 0 bridgehead atoms. The predicted molar refractivity (Wildman–Crippen MR) is 377 cm³/mol. The number of rotatable bonds is 71. The lowest BCUT2D eigenvalue weighted by Gasteiger charge is -2.21. The van der Waals surface area contributed by atoms with E-state index in [-0.39, 0.29) is 25.7 Å². The number of aliphatic hydroxyl groups is 1. The van der Waals surface area contributed by atoms with Crippen molar-refractivity contribution in [1.82, 2.24) is 0 Å². The Balaban J connectivity index is 5.25. The molecule has 0 aromatic heterocycles. The molecule has 0 saturated heterocycles. The first-order chi connectivity index (χ1) is 44.6. The predicted octanol–water partition coefficient (Wildman–Crippen LogP) is 21.3. The molecule has 0 aliphatic heterocycles. The van der Waals surface area contributed by atoms with Crippen molar-refractivity contribution in [3.05, 3.63) is 0 Å². The van der Waals surface area contributed by atoms with Crippen LogP contribution in [-0.2, 0) is 65.4 Å². The van der Waals surface area contributed by atoms with Crippen molar-refractivity contribution >= 4 is 39.5 Å². The molecular formula is C74H144O17P2. The summed E-state index contributed by atoms with van der Waals surface area (Å²) in [6, 6.07) is 0. The summed E-state index contributed by atoms with van der Waals surface area (Å²) in [4.78, 5) is 72.7. The molecule has 0 rings (SSSR count). The van der Waals surface area contributed by atoms with Crippen molar-refractivity contribution in [2.75, 3.05) is 39.6 Å². The second-order valence-electron chi connectivity index (χ2n) is 28.6. The summed E-state index contributed by atoms with van der Waals surface area (Å²) >= 11 is 0. The molecule has 93 heavy (non-hydrogen) atoms. The Hall–Kier alpha value is -1.94. The molecule has 0 spiro atoms. The molecule has 0 aromatic carbocycles. The molecular weight excluding hydrogens is 1220 g/mol. The summed E-state index contributed by atoms with van der Waals surface area (Å²) in [5, 5.41) is 10.6. The Kier molecular flexibility index (Phi) is 62.2. The number of ether oxygens (including phenoxy) is 4. The van der Waals surface area contributed by atoms with Crippen molar-refractivity contribution in [2.45, 2.75) is 388 Å². The molecule has 0 aliphatic carbocycles. The highest BCUT2D eigenvalue weighted by atomic mass is 31.2. The van der Waals surface area contributed by atoms with Crippen LogP contribution in [0.25, 0.3) is 0 Å². The number of esters is 4. The van der Waals surface area contributed by atoms with Gasteiger partial charge in [-0.2, -0.15) is 0 Å². The standard InChI is InChI=1S/C74H144O17P2/c1-64(2)50-42-34-26-20-14-9-11-17-23-29-38-46-54-71(76)84-60-69(90-73(78)56-48-40-30-24-18-12-10-15-21-27-35-43-51-65(3)4)62-88-92(80,81)86-58-68(75)59-87-93(82,83)89-63-70(61-85-72(77)55-47-39-33-32-37-45-53-67(7)8)91-74(79)57-49-41-31-25-19-13-16-22-28-36-44-52-66(5)6/h64-70,75H,9-63H2,1-8H3,(H,80,81)(H,82,83)/t68-,69-,70-/m1/s1. The molecule has 552 valence electrons. The highest BCUT2D eigenvalue weighted by Gasteiger charge is 2.30. The van der Waals surface area contributed by atoms with Gasteiger partial charge in [0.05, 0.1) is 26.4 Å². The smallest absolute Gasteiger partial charge is 0.462 e. The lowest BCUT2D eigenvalue weighted by atomic mass is 10.0. The van der Waals surface area contributed by atoms with Gasteiger partial charge in [-0.1, -0.05) is 319 Å². The largest absolute Gasteiger partial charge is 0.472 e. The summed E-state index contributed by atoms with van der Waals surface area (Å²) in [6.45, 7) is 14.1. The third-order valence-corrected chi connectivity index (χ3v) is 19.0. The second kappa shape index (κ2) is 63.5. The first kappa shape index (κ1) is 91.1. The van der Waals surface area contributed by atoms with Crippen LogP contribution in [0.4, 0.5) is 0 Å². The number of phosphoric acid groups is 2. The van der Waals surface area contributed by atoms with E-state index in [4.69, 9.17) is 37.0 Å². The molecule has 17 nitrogen and oxygen atoms in total. The first-order valence-corrected chi connectivity index (χ1v) is 41.2. The summed E-state index contributed by atoms with van der Waals surface area (Å²) in [5.41, 5.74) is 0. The van der Waals surface area contributed by atoms with Crippen LogP contribution < -0.4 is 0 Å². The topological polar surface area (TPSA) is 237 Å². The maximum Gasteiger partial charge on any atom is 0.472 e. The Labute approximate surface area is 568 Å². The fourth-order valence-corrected chi connectivity index (χ4v) is 12.8. The monoisotopic (exact) mass is 1370 g/mol. The third-order valence-electron chi connectivity index (χ3n) is 17.1. The number of aliphatic hydroxyl groups excluding tert-OH is 1. The van der Waals surface area contributed by atoms with E-state index in [1.165, 1.54) is 167 Å². The lowest BCUT2D eigenvalue weighted by molar-refractivity contribution is -0.161. The summed E-state index contributed by atoms with van der Waals surface area (Å²) in [6.07, 6.45) is 47.3. The summed E-state index contributed by atoms with van der Waals surface area (Å²) in [5.74, 6) is 0.879. The number of unbranched alkanes of at least 4 members (excludes halogenated alkanes) is 37. The van der Waals surface area contributed by atoms with Gasteiger partial charge in [0.25, 0.3) is 0 Å². The van der Waals surface area contributed by atoms with E-state index < -0.39 is 97.5 Å². The molecule has 19 heteroatoms. The first-order valence-electron chi connectivity index (χ1n) is 38.2. The average molecular weight is 1370 g/mol. The van der Waals surface area contributed by atoms with Crippen LogP contribution in [-0.4, -0.2) is 96.7 Å². The van der Waals surface area contributed by atoms with E-state index in [1.54, 1.807) is 0 Å². The molecule has 3 N–H and O–H groups in total. The molecule has 0 aliphatic rings. The van der Waals surface area contributed by atoms with Gasteiger partial charge in [-0.3, -0.25) is 37.3 Å². The van der Waals surface area contributed by atoms with E-state index in [1.807, 2.05) is 0 Å². The van der Waals surface area contributed by atoms with Crippen LogP contribution in [0, 0.1) is 23.7 Å². The minimum Gasteiger partial charge on any atom is -0.462 e. The third kappa shape index (κ3) is 68.4. The maximum atomic E-state index is 13.1. The second-order valence-corrected chi connectivity index (χ2v) is 31.5. The van der Waals surface area contributed by atoms with Gasteiger partial charge < -0.3 is 33.8 Å². The van der Waals surface area contributed by atoms with Crippen molar-refractivity contribution in [1.29, 1.82) is 0 Å². The maximum absolute atomic E-state index is 13.1. The van der Waals surface area contributed by atoms with Crippen LogP contribution in [0.1, 0.15) is 370 Å². The molecule has 0 aromatic rings. The Bertz CT molecular complexity index is 1830. The Morgan fingerprint density at radius 1 is 0.269 bits per heavy atom. The van der Waals surface area contributed by atoms with Gasteiger partial charge in [-0.05, 0) is 49.4 Å². The molecule has 0 radical (unpaired) electrons. The zero-order valence-corrected chi connectivity index (χ0v) is 62.7. The van der Waals surface area contributed by atoms with Crippen molar-refractivity contribution in [3.63, 3.8) is 0 Å². The van der Waals surface area contributed by atoms with Gasteiger partial charge in [-0.25, -0.2) is 9.13 Å². The Morgan fingerprint density at radius 2 is 0.452 bits per heavy atom. The van der Waals surface area contributed by atoms with E-state index in [0.29, 0.717) is 31.6 Å². The number of hydrogen-bond acceptors (Lipinski definition) is 15. The van der Waals surface area contributed by atoms with Gasteiger partial charge in [-0.15, -0.1) is 0 Å². The van der Waals surface area contributed by atoms with E-state index in [0.717, 1.165) is 114 Å². The number of carbonyl (C=O) groups excluding carboxylic acids is 4. The number of phosphoric ester groups is 2. The zero-order valence-electron chi connectivity index (χ0n) is 60.9. The van der Waals surface area contributed by atoms with Crippen LogP contribution in [0.5, 0.6) is 0 Å². The molecule has 0 saturated carbocycles. The minimum absolute atomic E-state index is 0.105. The molecule has 0 amide bonds. The lowest BCUT2D eigenvalue weighted by Crippen LogP contribution is -2.30. The highest BCUT2D eigenvalue weighted by molar-refractivity contribution is 7.47. The number of carbonyl (C=O) groups is 4. The van der Waals surface area contributed by atoms with Gasteiger partial charge in [0, 0.05) is 25.7 Å². The van der Waals surface area contributed by atoms with Crippen LogP contribution >= 0.6 is 15.6 Å². The SMILES string of the molecule is CC(C)CCCCCCCCCCCCCCC(=O)OC[C@H](COP(=O)(O)OC[C@@H](O)COP(=O)(O)OC[C@@H](COC(=O)CCCCCCCCC(C)C)OC(=O)CCCCCCCCCCCCCC(C)C)OC(=O)CCCCCCCCCCCCCCC(C)C. The Morgan fingerprint density at radius 3 is 0.667 bits per heavy atom.